The van der Waals surface area contributed by atoms with Gasteiger partial charge in [-0.15, -0.1) is 0 Å². The van der Waals surface area contributed by atoms with Gasteiger partial charge >= 0.3 is 0 Å². The number of rotatable bonds is 3. The summed E-state index contributed by atoms with van der Waals surface area (Å²) in [5.41, 5.74) is 1.06. The van der Waals surface area contributed by atoms with Crippen LogP contribution in [0.3, 0.4) is 0 Å². The number of piperazine rings is 1. The molecule has 0 aromatic heterocycles. The van der Waals surface area contributed by atoms with Crippen LogP contribution in [0.15, 0.2) is 18.2 Å². The van der Waals surface area contributed by atoms with Crippen molar-refractivity contribution in [3.63, 3.8) is 0 Å². The summed E-state index contributed by atoms with van der Waals surface area (Å²) in [5, 5.41) is 3.92. The quantitative estimate of drug-likeness (QED) is 0.907. The van der Waals surface area contributed by atoms with Gasteiger partial charge in [0, 0.05) is 37.2 Å². The summed E-state index contributed by atoms with van der Waals surface area (Å²) in [6, 6.07) is 5.38. The maximum atomic E-state index is 13.8. The minimum absolute atomic E-state index is 0.214. The maximum Gasteiger partial charge on any atom is 0.125 e. The van der Waals surface area contributed by atoms with Gasteiger partial charge in [0.2, 0.25) is 0 Å². The molecule has 1 heterocycles. The highest BCUT2D eigenvalue weighted by molar-refractivity contribution is 6.30. The smallest absolute Gasteiger partial charge is 0.125 e. The number of hydrogen-bond donors (Lipinski definition) is 1. The number of halogens is 2. The summed E-state index contributed by atoms with van der Waals surface area (Å²) in [4.78, 5) is 2.53. The fourth-order valence-corrected chi connectivity index (χ4v) is 4.17. The predicted octanol–water partition coefficient (Wildman–Crippen LogP) is 4.01. The average Bonchev–Trinajstić information content (AvgIpc) is 2.49. The van der Waals surface area contributed by atoms with Gasteiger partial charge in [-0.3, -0.25) is 4.90 Å². The molecule has 1 aliphatic carbocycles. The van der Waals surface area contributed by atoms with E-state index in [-0.39, 0.29) is 5.82 Å². The monoisotopic (exact) mass is 310 g/mol. The fourth-order valence-electron chi connectivity index (χ4n) is 3.94. The molecule has 4 heteroatoms. The Hall–Kier alpha value is -0.640. The van der Waals surface area contributed by atoms with Gasteiger partial charge in [0.1, 0.15) is 5.82 Å². The van der Waals surface area contributed by atoms with Crippen molar-refractivity contribution in [2.45, 2.75) is 38.1 Å². The Bertz CT molecular complexity index is 430. The SMILES string of the molecule is Fc1cc(Cl)cc([C@@H](C2CCCCC2)N2CCNCC2)c1. The van der Waals surface area contributed by atoms with Gasteiger partial charge < -0.3 is 5.32 Å². The second-order valence-corrected chi connectivity index (χ2v) is 6.77. The summed E-state index contributed by atoms with van der Waals surface area (Å²) in [7, 11) is 0. The highest BCUT2D eigenvalue weighted by atomic mass is 35.5. The van der Waals surface area contributed by atoms with Gasteiger partial charge in [0.15, 0.2) is 0 Å². The van der Waals surface area contributed by atoms with Crippen molar-refractivity contribution < 1.29 is 4.39 Å². The first-order chi connectivity index (χ1) is 10.2. The summed E-state index contributed by atoms with van der Waals surface area (Å²) >= 11 is 6.10. The third-order valence-electron chi connectivity index (χ3n) is 4.87. The van der Waals surface area contributed by atoms with Crippen LogP contribution < -0.4 is 5.32 Å². The van der Waals surface area contributed by atoms with Crippen molar-refractivity contribution >= 4 is 11.6 Å². The van der Waals surface area contributed by atoms with Crippen LogP contribution in [0, 0.1) is 11.7 Å². The van der Waals surface area contributed by atoms with E-state index < -0.39 is 0 Å². The van der Waals surface area contributed by atoms with Crippen LogP contribution in [0.1, 0.15) is 43.7 Å². The first kappa shape index (κ1) is 15.3. The lowest BCUT2D eigenvalue weighted by molar-refractivity contribution is 0.103. The van der Waals surface area contributed by atoms with E-state index >= 15 is 0 Å². The van der Waals surface area contributed by atoms with E-state index in [1.54, 1.807) is 6.07 Å². The van der Waals surface area contributed by atoms with E-state index in [1.807, 2.05) is 6.07 Å². The molecular formula is C17H24ClFN2. The number of nitrogens with one attached hydrogen (secondary N) is 1. The van der Waals surface area contributed by atoms with Crippen molar-refractivity contribution in [1.29, 1.82) is 0 Å². The van der Waals surface area contributed by atoms with Crippen molar-refractivity contribution in [2.24, 2.45) is 5.92 Å². The zero-order chi connectivity index (χ0) is 14.7. The lowest BCUT2D eigenvalue weighted by atomic mass is 9.80. The lowest BCUT2D eigenvalue weighted by Gasteiger charge is -2.41. The van der Waals surface area contributed by atoms with Gasteiger partial charge in [0.05, 0.1) is 0 Å². The molecule has 0 unspecified atom stereocenters. The van der Waals surface area contributed by atoms with E-state index in [4.69, 9.17) is 11.6 Å². The minimum atomic E-state index is -0.214. The Kier molecular flexibility index (Phi) is 5.15. The molecule has 1 saturated carbocycles. The highest BCUT2D eigenvalue weighted by Crippen LogP contribution is 2.39. The van der Waals surface area contributed by atoms with E-state index in [0.29, 0.717) is 17.0 Å². The molecule has 0 amide bonds. The van der Waals surface area contributed by atoms with Gasteiger partial charge in [-0.2, -0.15) is 0 Å². The normalized spacial score (nSPS) is 23.1. The third-order valence-corrected chi connectivity index (χ3v) is 5.09. The van der Waals surface area contributed by atoms with E-state index in [0.717, 1.165) is 31.7 Å². The molecule has 1 saturated heterocycles. The summed E-state index contributed by atoms with van der Waals surface area (Å²) in [5.74, 6) is 0.420. The van der Waals surface area contributed by atoms with E-state index in [1.165, 1.54) is 38.2 Å². The maximum absolute atomic E-state index is 13.8. The Morgan fingerprint density at radius 1 is 1.10 bits per heavy atom. The Labute approximate surface area is 131 Å². The van der Waals surface area contributed by atoms with E-state index in [2.05, 4.69) is 10.2 Å². The molecule has 2 fully saturated rings. The second-order valence-electron chi connectivity index (χ2n) is 6.33. The molecule has 3 rings (SSSR count). The van der Waals surface area contributed by atoms with Crippen molar-refractivity contribution in [3.8, 4) is 0 Å². The molecule has 1 atom stereocenters. The van der Waals surface area contributed by atoms with Gasteiger partial charge in [-0.05, 0) is 42.5 Å². The second kappa shape index (κ2) is 7.08. The Morgan fingerprint density at radius 3 is 2.48 bits per heavy atom. The van der Waals surface area contributed by atoms with Crippen LogP contribution >= 0.6 is 11.6 Å². The molecule has 1 N–H and O–H groups in total. The zero-order valence-corrected chi connectivity index (χ0v) is 13.2. The number of nitrogens with zero attached hydrogens (tertiary/aromatic N) is 1. The molecule has 1 aliphatic heterocycles. The summed E-state index contributed by atoms with van der Waals surface area (Å²) in [6.45, 7) is 4.11. The average molecular weight is 311 g/mol. The van der Waals surface area contributed by atoms with Crippen molar-refractivity contribution in [3.05, 3.63) is 34.6 Å². The molecule has 21 heavy (non-hydrogen) atoms. The molecule has 0 bridgehead atoms. The molecule has 0 spiro atoms. The van der Waals surface area contributed by atoms with Crippen molar-refractivity contribution in [2.75, 3.05) is 26.2 Å². The highest BCUT2D eigenvalue weighted by Gasteiger charge is 2.31. The fraction of sp³-hybridized carbons (Fsp3) is 0.647. The molecule has 116 valence electrons. The molecule has 0 radical (unpaired) electrons. The largest absolute Gasteiger partial charge is 0.314 e. The van der Waals surface area contributed by atoms with Crippen LogP contribution in [0.25, 0.3) is 0 Å². The van der Waals surface area contributed by atoms with Crippen LogP contribution in [0.5, 0.6) is 0 Å². The lowest BCUT2D eigenvalue weighted by Crippen LogP contribution is -2.47. The third kappa shape index (κ3) is 3.77. The molecule has 2 aliphatic rings. The van der Waals surface area contributed by atoms with Crippen LogP contribution in [0.4, 0.5) is 4.39 Å². The first-order valence-electron chi connectivity index (χ1n) is 8.15. The summed E-state index contributed by atoms with van der Waals surface area (Å²) in [6.07, 6.45) is 6.45. The standard InChI is InChI=1S/C17H24ClFN2/c18-15-10-14(11-16(19)12-15)17(13-4-2-1-3-5-13)21-8-6-20-7-9-21/h10-13,17,20H,1-9H2/t17-/m1/s1. The topological polar surface area (TPSA) is 15.3 Å². The van der Waals surface area contributed by atoms with E-state index in [9.17, 15) is 4.39 Å². The zero-order valence-electron chi connectivity index (χ0n) is 12.5. The molecule has 1 aromatic carbocycles. The molecule has 1 aromatic rings. The molecule has 2 nitrogen and oxygen atoms in total. The van der Waals surface area contributed by atoms with Crippen LogP contribution in [0.2, 0.25) is 5.02 Å². The van der Waals surface area contributed by atoms with Crippen molar-refractivity contribution in [1.82, 2.24) is 10.2 Å². The number of hydrogen-bond acceptors (Lipinski definition) is 2. The predicted molar refractivity (Wildman–Crippen MR) is 85.2 cm³/mol. The Morgan fingerprint density at radius 2 is 1.81 bits per heavy atom. The summed E-state index contributed by atoms with van der Waals surface area (Å²) < 4.78 is 13.8. The van der Waals surface area contributed by atoms with Gasteiger partial charge in [0.25, 0.3) is 0 Å². The van der Waals surface area contributed by atoms with Crippen LogP contribution in [-0.2, 0) is 0 Å². The first-order valence-corrected chi connectivity index (χ1v) is 8.52. The van der Waals surface area contributed by atoms with Crippen LogP contribution in [-0.4, -0.2) is 31.1 Å². The van der Waals surface area contributed by atoms with Gasteiger partial charge in [-0.25, -0.2) is 4.39 Å². The Balaban J connectivity index is 1.89. The van der Waals surface area contributed by atoms with Gasteiger partial charge in [-0.1, -0.05) is 30.9 Å². The minimum Gasteiger partial charge on any atom is -0.314 e. The number of benzene rings is 1. The molecular weight excluding hydrogens is 287 g/mol.